The second kappa shape index (κ2) is 7.89. The van der Waals surface area contributed by atoms with E-state index < -0.39 is 10.8 Å². The minimum absolute atomic E-state index is 0.157. The van der Waals surface area contributed by atoms with Gasteiger partial charge in [0.2, 0.25) is 0 Å². The number of pyridine rings is 1. The number of unbranched alkanes of at least 4 members (excludes halogenated alkanes) is 1. The Labute approximate surface area is 164 Å². The number of carbonyl (C=O) groups is 1. The summed E-state index contributed by atoms with van der Waals surface area (Å²) in [5.41, 5.74) is 7.41. The summed E-state index contributed by atoms with van der Waals surface area (Å²) in [5.74, 6) is -0.479. The Balaban J connectivity index is 1.90. The lowest BCUT2D eigenvalue weighted by Gasteiger charge is -2.06. The first-order chi connectivity index (χ1) is 12.9. The lowest BCUT2D eigenvalue weighted by atomic mass is 10.1. The van der Waals surface area contributed by atoms with Crippen molar-refractivity contribution >= 4 is 56.1 Å². The first-order valence-corrected chi connectivity index (χ1v) is 9.53. The summed E-state index contributed by atoms with van der Waals surface area (Å²) in [6.07, 6.45) is 2.98. The molecule has 3 rings (SSSR count). The summed E-state index contributed by atoms with van der Waals surface area (Å²) in [4.78, 5) is 28.6. The van der Waals surface area contributed by atoms with Crippen molar-refractivity contribution in [2.45, 2.75) is 26.2 Å². The molecule has 0 bridgehead atoms. The van der Waals surface area contributed by atoms with Gasteiger partial charge >= 0.3 is 0 Å². The van der Waals surface area contributed by atoms with Crippen LogP contribution in [0.4, 0.5) is 17.1 Å². The van der Waals surface area contributed by atoms with Crippen LogP contribution in [0.5, 0.6) is 0 Å². The van der Waals surface area contributed by atoms with Gasteiger partial charge in [-0.05, 0) is 31.0 Å². The number of benzene rings is 1. The number of nitrogen functional groups attached to an aromatic ring is 1. The van der Waals surface area contributed by atoms with Crippen molar-refractivity contribution in [3.8, 4) is 0 Å². The number of halogens is 1. The normalized spacial score (nSPS) is 10.9. The van der Waals surface area contributed by atoms with E-state index in [1.807, 2.05) is 12.1 Å². The Hall–Kier alpha value is -2.71. The number of nitrogens with one attached hydrogen (secondary N) is 1. The average Bonchev–Trinajstić information content (AvgIpc) is 2.97. The molecule has 2 heterocycles. The third-order valence-corrected chi connectivity index (χ3v) is 5.50. The maximum absolute atomic E-state index is 12.7. The van der Waals surface area contributed by atoms with Gasteiger partial charge in [0, 0.05) is 23.2 Å². The molecule has 0 radical (unpaired) electrons. The van der Waals surface area contributed by atoms with Crippen molar-refractivity contribution in [3.05, 3.63) is 56.0 Å². The van der Waals surface area contributed by atoms with Gasteiger partial charge in [-0.2, -0.15) is 0 Å². The molecule has 27 heavy (non-hydrogen) atoms. The number of non-ortho nitro benzene ring substituents is 1. The summed E-state index contributed by atoms with van der Waals surface area (Å²) < 4.78 is 0. The maximum atomic E-state index is 12.7. The topological polar surface area (TPSA) is 111 Å². The largest absolute Gasteiger partial charge is 0.397 e. The molecule has 0 atom stereocenters. The van der Waals surface area contributed by atoms with Gasteiger partial charge < -0.3 is 11.1 Å². The number of aromatic nitrogens is 1. The number of rotatable bonds is 6. The van der Waals surface area contributed by atoms with Crippen molar-refractivity contribution in [1.29, 1.82) is 0 Å². The molecule has 0 spiro atoms. The van der Waals surface area contributed by atoms with Gasteiger partial charge in [0.25, 0.3) is 11.6 Å². The van der Waals surface area contributed by atoms with Gasteiger partial charge in [-0.15, -0.1) is 11.3 Å². The molecule has 0 aliphatic rings. The van der Waals surface area contributed by atoms with Crippen molar-refractivity contribution in [1.82, 2.24) is 4.98 Å². The van der Waals surface area contributed by atoms with Crippen LogP contribution in [0, 0.1) is 10.1 Å². The zero-order valence-electron chi connectivity index (χ0n) is 14.5. The third-order valence-electron chi connectivity index (χ3n) is 4.05. The van der Waals surface area contributed by atoms with Gasteiger partial charge in [0.1, 0.15) is 9.71 Å². The molecular weight excluding hydrogens is 388 g/mol. The minimum atomic E-state index is -0.554. The molecule has 140 valence electrons. The van der Waals surface area contributed by atoms with Crippen LogP contribution in [0.25, 0.3) is 10.2 Å². The average molecular weight is 405 g/mol. The third kappa shape index (κ3) is 4.01. The summed E-state index contributed by atoms with van der Waals surface area (Å²) >= 11 is 7.23. The second-order valence-electron chi connectivity index (χ2n) is 5.98. The van der Waals surface area contributed by atoms with Crippen LogP contribution < -0.4 is 11.1 Å². The first kappa shape index (κ1) is 19.1. The predicted octanol–water partition coefficient (Wildman–Crippen LogP) is 5.04. The fourth-order valence-corrected chi connectivity index (χ4v) is 3.78. The molecule has 2 aromatic heterocycles. The quantitative estimate of drug-likeness (QED) is 0.441. The molecule has 3 aromatic rings. The van der Waals surface area contributed by atoms with Crippen molar-refractivity contribution in [3.63, 3.8) is 0 Å². The van der Waals surface area contributed by atoms with E-state index in [1.54, 1.807) is 0 Å². The van der Waals surface area contributed by atoms with E-state index in [1.165, 1.54) is 29.5 Å². The highest BCUT2D eigenvalue weighted by Gasteiger charge is 2.19. The molecule has 0 aliphatic heterocycles. The molecule has 0 saturated heterocycles. The highest BCUT2D eigenvalue weighted by atomic mass is 35.5. The Kier molecular flexibility index (Phi) is 5.57. The number of anilines is 2. The van der Waals surface area contributed by atoms with Crippen molar-refractivity contribution in [2.24, 2.45) is 0 Å². The van der Waals surface area contributed by atoms with Crippen LogP contribution in [0.15, 0.2) is 30.3 Å². The zero-order chi connectivity index (χ0) is 19.6. The highest BCUT2D eigenvalue weighted by Crippen LogP contribution is 2.34. The molecule has 0 aliphatic carbocycles. The zero-order valence-corrected chi connectivity index (χ0v) is 16.1. The summed E-state index contributed by atoms with van der Waals surface area (Å²) in [7, 11) is 0. The number of thiophene rings is 1. The molecule has 0 saturated carbocycles. The number of nitro groups is 1. The lowest BCUT2D eigenvalue weighted by molar-refractivity contribution is -0.384. The van der Waals surface area contributed by atoms with Crippen LogP contribution in [0.3, 0.4) is 0 Å². The number of hydrogen-bond donors (Lipinski definition) is 2. The molecule has 3 N–H and O–H groups in total. The Bertz CT molecular complexity index is 1030. The van der Waals surface area contributed by atoms with Gasteiger partial charge in [-0.25, -0.2) is 4.98 Å². The number of hydrogen-bond acceptors (Lipinski definition) is 6. The smallest absolute Gasteiger partial charge is 0.271 e. The van der Waals surface area contributed by atoms with E-state index in [0.29, 0.717) is 15.4 Å². The predicted molar refractivity (Wildman–Crippen MR) is 109 cm³/mol. The fraction of sp³-hybridized carbons (Fsp3) is 0.222. The highest BCUT2D eigenvalue weighted by molar-refractivity contribution is 7.21. The van der Waals surface area contributed by atoms with Crippen LogP contribution >= 0.6 is 22.9 Å². The Morgan fingerprint density at radius 1 is 1.37 bits per heavy atom. The van der Waals surface area contributed by atoms with Crippen LogP contribution in [0.1, 0.15) is 35.1 Å². The number of amides is 1. The summed E-state index contributed by atoms with van der Waals surface area (Å²) in [6, 6.07) is 7.64. The molecule has 1 aromatic carbocycles. The molecule has 7 nitrogen and oxygen atoms in total. The van der Waals surface area contributed by atoms with E-state index in [0.717, 1.165) is 30.3 Å². The fourth-order valence-electron chi connectivity index (χ4n) is 2.60. The molecule has 1 amide bonds. The second-order valence-corrected chi connectivity index (χ2v) is 7.39. The lowest BCUT2D eigenvalue weighted by Crippen LogP contribution is -2.12. The number of fused-ring (bicyclic) bond motifs is 1. The van der Waals surface area contributed by atoms with E-state index in [4.69, 9.17) is 17.3 Å². The Morgan fingerprint density at radius 3 is 2.85 bits per heavy atom. The number of carbonyl (C=O) groups excluding carboxylic acids is 1. The summed E-state index contributed by atoms with van der Waals surface area (Å²) in [6.45, 7) is 2.11. The van der Waals surface area contributed by atoms with Gasteiger partial charge in [0.05, 0.1) is 21.3 Å². The minimum Gasteiger partial charge on any atom is -0.397 e. The van der Waals surface area contributed by atoms with Crippen LogP contribution in [-0.2, 0) is 6.42 Å². The van der Waals surface area contributed by atoms with E-state index >= 15 is 0 Å². The monoisotopic (exact) mass is 404 g/mol. The van der Waals surface area contributed by atoms with Gasteiger partial charge in [0.15, 0.2) is 0 Å². The number of nitrogens with two attached hydrogens (primary N) is 1. The molecule has 0 unspecified atom stereocenters. The van der Waals surface area contributed by atoms with Gasteiger partial charge in [-0.1, -0.05) is 24.9 Å². The van der Waals surface area contributed by atoms with Crippen molar-refractivity contribution < 1.29 is 9.72 Å². The van der Waals surface area contributed by atoms with E-state index in [9.17, 15) is 14.9 Å². The maximum Gasteiger partial charge on any atom is 0.271 e. The summed E-state index contributed by atoms with van der Waals surface area (Å²) in [5, 5.41) is 14.4. The molecule has 9 heteroatoms. The van der Waals surface area contributed by atoms with E-state index in [-0.39, 0.29) is 16.4 Å². The standard InChI is InChI=1S/C18H17ClN4O3S/c1-2-3-4-10-5-7-12-15(20)16(27-18(12)21-10)17(24)22-14-9-11(23(25)26)6-8-13(14)19/h5-9H,2-4,20H2,1H3,(H,22,24). The first-order valence-electron chi connectivity index (χ1n) is 8.34. The molecular formula is C18H17ClN4O3S. The van der Waals surface area contributed by atoms with Crippen LogP contribution in [0.2, 0.25) is 5.02 Å². The van der Waals surface area contributed by atoms with Crippen LogP contribution in [-0.4, -0.2) is 15.8 Å². The van der Waals surface area contributed by atoms with Crippen molar-refractivity contribution in [2.75, 3.05) is 11.1 Å². The SMILES string of the molecule is CCCCc1ccc2c(N)c(C(=O)Nc3cc([N+](=O)[O-])ccc3Cl)sc2n1. The number of nitrogens with zero attached hydrogens (tertiary/aromatic N) is 2. The number of aryl methyl sites for hydroxylation is 1. The number of nitro benzene ring substituents is 1. The van der Waals surface area contributed by atoms with Gasteiger partial charge in [-0.3, -0.25) is 14.9 Å². The van der Waals surface area contributed by atoms with E-state index in [2.05, 4.69) is 17.2 Å². The Morgan fingerprint density at radius 2 is 2.15 bits per heavy atom. The molecule has 0 fully saturated rings.